The number of aliphatic hydroxyl groups is 1. The minimum absolute atomic E-state index is 0.151. The second kappa shape index (κ2) is 7.17. The Morgan fingerprint density at radius 3 is 2.56 bits per heavy atom. The number of aliphatic hydroxyl groups excluding tert-OH is 1. The molecule has 0 fully saturated rings. The van der Waals surface area contributed by atoms with Crippen molar-refractivity contribution in [2.75, 3.05) is 0 Å². The van der Waals surface area contributed by atoms with Gasteiger partial charge in [-0.25, -0.2) is 8.78 Å². The third-order valence-corrected chi connectivity index (χ3v) is 4.87. The molecule has 3 rings (SSSR count). The summed E-state index contributed by atoms with van der Waals surface area (Å²) in [6, 6.07) is 8.84. The van der Waals surface area contributed by atoms with E-state index in [1.807, 2.05) is 0 Å². The van der Waals surface area contributed by atoms with Crippen LogP contribution in [0, 0.1) is 11.6 Å². The molecule has 5 nitrogen and oxygen atoms in total. The minimum atomic E-state index is -1.62. The first-order valence-corrected chi connectivity index (χ1v) is 8.55. The standard InChI is InChI=1S/C20H20F2N2O3/c1-11(24-18(26)8-12-6-14(21)10-15(22)7-12)19(27)20(23)16-5-3-2-4-13(16)9-17(20)25/h2-7,10-11,17,25H,8-9,23H2,1H3,(H,24,26)/t11-,17+,20-/m0/s1. The first-order valence-electron chi connectivity index (χ1n) is 8.55. The van der Waals surface area contributed by atoms with Crippen molar-refractivity contribution in [2.24, 2.45) is 5.73 Å². The van der Waals surface area contributed by atoms with Gasteiger partial charge in [-0.05, 0) is 35.7 Å². The predicted molar refractivity (Wildman–Crippen MR) is 94.7 cm³/mol. The van der Waals surface area contributed by atoms with Crippen molar-refractivity contribution in [2.45, 2.75) is 37.5 Å². The topological polar surface area (TPSA) is 92.4 Å². The number of nitrogens with one attached hydrogen (secondary N) is 1. The molecule has 2 aromatic carbocycles. The summed E-state index contributed by atoms with van der Waals surface area (Å²) in [7, 11) is 0. The lowest BCUT2D eigenvalue weighted by molar-refractivity contribution is -0.133. The van der Waals surface area contributed by atoms with Crippen molar-refractivity contribution in [1.82, 2.24) is 5.32 Å². The molecule has 0 saturated carbocycles. The number of Topliss-reactive ketones (excluding diaryl/α,β-unsaturated/α-hetero) is 1. The zero-order valence-electron chi connectivity index (χ0n) is 14.7. The van der Waals surface area contributed by atoms with Crippen LogP contribution in [0.25, 0.3) is 0 Å². The van der Waals surface area contributed by atoms with E-state index in [9.17, 15) is 23.5 Å². The number of nitrogens with two attached hydrogens (primary N) is 1. The van der Waals surface area contributed by atoms with Crippen LogP contribution in [-0.4, -0.2) is 28.9 Å². The Balaban J connectivity index is 1.73. The molecule has 0 radical (unpaired) electrons. The number of rotatable bonds is 5. The van der Waals surface area contributed by atoms with Crippen LogP contribution in [0.1, 0.15) is 23.6 Å². The van der Waals surface area contributed by atoms with Gasteiger partial charge in [0.15, 0.2) is 5.78 Å². The number of hydrogen-bond donors (Lipinski definition) is 3. The second-order valence-corrected chi connectivity index (χ2v) is 6.85. The average Bonchev–Trinajstić information content (AvgIpc) is 2.85. The molecule has 1 aliphatic rings. The van der Waals surface area contributed by atoms with Gasteiger partial charge >= 0.3 is 0 Å². The smallest absolute Gasteiger partial charge is 0.224 e. The SMILES string of the molecule is C[C@H](NC(=O)Cc1cc(F)cc(F)c1)C(=O)[C@]1(N)c2ccccc2C[C@H]1O. The molecule has 0 aliphatic heterocycles. The number of halogens is 2. The molecule has 0 heterocycles. The highest BCUT2D eigenvalue weighted by molar-refractivity contribution is 5.97. The van der Waals surface area contributed by atoms with E-state index in [2.05, 4.69) is 5.32 Å². The van der Waals surface area contributed by atoms with E-state index in [1.165, 1.54) is 6.92 Å². The fraction of sp³-hybridized carbons (Fsp3) is 0.300. The molecule has 0 unspecified atom stereocenters. The Hall–Kier alpha value is -2.64. The molecule has 1 aliphatic carbocycles. The number of carbonyl (C=O) groups is 2. The molecule has 3 atom stereocenters. The molecule has 0 spiro atoms. The number of hydrogen-bond acceptors (Lipinski definition) is 4. The first-order chi connectivity index (χ1) is 12.7. The van der Waals surface area contributed by atoms with Gasteiger partial charge in [0.25, 0.3) is 0 Å². The molecular formula is C20H20F2N2O3. The lowest BCUT2D eigenvalue weighted by Gasteiger charge is -2.30. The monoisotopic (exact) mass is 374 g/mol. The Morgan fingerprint density at radius 1 is 1.26 bits per heavy atom. The van der Waals surface area contributed by atoms with Gasteiger partial charge in [-0.3, -0.25) is 9.59 Å². The van der Waals surface area contributed by atoms with Crippen LogP contribution in [-0.2, 0) is 28.0 Å². The highest BCUT2D eigenvalue weighted by atomic mass is 19.1. The summed E-state index contributed by atoms with van der Waals surface area (Å²) >= 11 is 0. The number of fused-ring (bicyclic) bond motifs is 1. The first kappa shape index (κ1) is 19.1. The maximum atomic E-state index is 13.2. The second-order valence-electron chi connectivity index (χ2n) is 6.85. The van der Waals surface area contributed by atoms with Crippen LogP contribution in [0.4, 0.5) is 8.78 Å². The number of ketones is 1. The van der Waals surface area contributed by atoms with E-state index >= 15 is 0 Å². The third-order valence-electron chi connectivity index (χ3n) is 4.87. The van der Waals surface area contributed by atoms with E-state index < -0.39 is 41.0 Å². The van der Waals surface area contributed by atoms with Crippen molar-refractivity contribution >= 4 is 11.7 Å². The zero-order valence-corrected chi connectivity index (χ0v) is 14.7. The summed E-state index contributed by atoms with van der Waals surface area (Å²) in [5, 5.41) is 12.9. The van der Waals surface area contributed by atoms with Gasteiger partial charge in [0.2, 0.25) is 5.91 Å². The zero-order chi connectivity index (χ0) is 19.8. The Labute approximate surface area is 155 Å². The van der Waals surface area contributed by atoms with Gasteiger partial charge in [0.1, 0.15) is 17.2 Å². The van der Waals surface area contributed by atoms with Gasteiger partial charge < -0.3 is 16.2 Å². The minimum Gasteiger partial charge on any atom is -0.390 e. The van der Waals surface area contributed by atoms with Crippen molar-refractivity contribution in [3.05, 3.63) is 70.8 Å². The molecule has 0 aromatic heterocycles. The average molecular weight is 374 g/mol. The summed E-state index contributed by atoms with van der Waals surface area (Å²) in [6.45, 7) is 1.47. The summed E-state index contributed by atoms with van der Waals surface area (Å²) < 4.78 is 26.5. The van der Waals surface area contributed by atoms with Crippen LogP contribution >= 0.6 is 0 Å². The molecular weight excluding hydrogens is 354 g/mol. The van der Waals surface area contributed by atoms with Crippen molar-refractivity contribution in [3.63, 3.8) is 0 Å². The van der Waals surface area contributed by atoms with Crippen LogP contribution < -0.4 is 11.1 Å². The molecule has 1 amide bonds. The van der Waals surface area contributed by atoms with E-state index in [1.54, 1.807) is 24.3 Å². The lowest BCUT2D eigenvalue weighted by Crippen LogP contribution is -2.58. The predicted octanol–water partition coefficient (Wildman–Crippen LogP) is 1.35. The van der Waals surface area contributed by atoms with E-state index in [0.717, 1.165) is 17.7 Å². The molecule has 0 bridgehead atoms. The van der Waals surface area contributed by atoms with Crippen LogP contribution in [0.15, 0.2) is 42.5 Å². The van der Waals surface area contributed by atoms with Crippen molar-refractivity contribution in [1.29, 1.82) is 0 Å². The molecule has 142 valence electrons. The van der Waals surface area contributed by atoms with Gasteiger partial charge in [-0.1, -0.05) is 24.3 Å². The van der Waals surface area contributed by atoms with Crippen molar-refractivity contribution in [3.8, 4) is 0 Å². The summed E-state index contributed by atoms with van der Waals surface area (Å²) in [4.78, 5) is 25.1. The number of benzene rings is 2. The van der Waals surface area contributed by atoms with Crippen LogP contribution in [0.2, 0.25) is 0 Å². The Bertz CT molecular complexity index is 882. The number of amides is 1. The Morgan fingerprint density at radius 2 is 1.89 bits per heavy atom. The maximum absolute atomic E-state index is 13.2. The maximum Gasteiger partial charge on any atom is 0.224 e. The summed E-state index contributed by atoms with van der Waals surface area (Å²) in [6.07, 6.45) is -1.14. The molecule has 27 heavy (non-hydrogen) atoms. The van der Waals surface area contributed by atoms with Gasteiger partial charge in [-0.2, -0.15) is 0 Å². The van der Waals surface area contributed by atoms with Crippen LogP contribution in [0.5, 0.6) is 0 Å². The quantitative estimate of drug-likeness (QED) is 0.737. The van der Waals surface area contributed by atoms with Crippen molar-refractivity contribution < 1.29 is 23.5 Å². The normalized spacial score (nSPS) is 22.2. The van der Waals surface area contributed by atoms with Gasteiger partial charge in [0, 0.05) is 12.5 Å². The fourth-order valence-corrected chi connectivity index (χ4v) is 3.56. The number of carbonyl (C=O) groups excluding carboxylic acids is 2. The third kappa shape index (κ3) is 3.61. The lowest BCUT2D eigenvalue weighted by atomic mass is 9.83. The van der Waals surface area contributed by atoms with Gasteiger partial charge in [-0.15, -0.1) is 0 Å². The van der Waals surface area contributed by atoms with E-state index in [0.29, 0.717) is 11.6 Å². The Kier molecular flexibility index (Phi) is 5.08. The van der Waals surface area contributed by atoms with E-state index in [4.69, 9.17) is 5.73 Å². The molecule has 4 N–H and O–H groups in total. The molecule has 7 heteroatoms. The molecule has 0 saturated heterocycles. The highest BCUT2D eigenvalue weighted by Crippen LogP contribution is 2.36. The van der Waals surface area contributed by atoms with Crippen LogP contribution in [0.3, 0.4) is 0 Å². The van der Waals surface area contributed by atoms with E-state index in [-0.39, 0.29) is 18.4 Å². The van der Waals surface area contributed by atoms with Gasteiger partial charge in [0.05, 0.1) is 18.6 Å². The summed E-state index contributed by atoms with van der Waals surface area (Å²) in [5.41, 5.74) is 6.14. The molecule has 2 aromatic rings. The fourth-order valence-electron chi connectivity index (χ4n) is 3.56. The summed E-state index contributed by atoms with van der Waals surface area (Å²) in [5.74, 6) is -2.68. The highest BCUT2D eigenvalue weighted by Gasteiger charge is 2.50. The largest absolute Gasteiger partial charge is 0.390 e.